The number of nitriles is 1. The van der Waals surface area contributed by atoms with Crippen molar-refractivity contribution in [3.63, 3.8) is 0 Å². The lowest BCUT2D eigenvalue weighted by molar-refractivity contribution is -0.136. The molecular weight excluding hydrogens is 524 g/mol. The van der Waals surface area contributed by atoms with Gasteiger partial charge in [-0.05, 0) is 64.7 Å². The molecule has 0 aliphatic heterocycles. The highest BCUT2D eigenvalue weighted by Crippen LogP contribution is 2.43. The quantitative estimate of drug-likeness (QED) is 0.203. The minimum absolute atomic E-state index is 0.00972. The molecule has 2 atom stereocenters. The van der Waals surface area contributed by atoms with Gasteiger partial charge in [0, 0.05) is 28.4 Å². The molecule has 4 aromatic rings. The third-order valence-electron chi connectivity index (χ3n) is 7.15. The number of carbonyl (C=O) groups excluding carboxylic acids is 1. The van der Waals surface area contributed by atoms with Crippen LogP contribution in [-0.4, -0.2) is 30.6 Å². The summed E-state index contributed by atoms with van der Waals surface area (Å²) in [7, 11) is 1.56. The van der Waals surface area contributed by atoms with Crippen molar-refractivity contribution in [3.05, 3.63) is 112 Å². The number of aliphatic carboxylic acids is 1. The number of carbonyl (C=O) groups is 2. The van der Waals surface area contributed by atoms with Crippen LogP contribution in [0.15, 0.2) is 78.9 Å². The minimum Gasteiger partial charge on any atom is -0.495 e. The monoisotopic (exact) mass is 554 g/mol. The van der Waals surface area contributed by atoms with E-state index in [1.165, 1.54) is 0 Å². The van der Waals surface area contributed by atoms with Gasteiger partial charge in [0.25, 0.3) is 5.91 Å². The predicted molar refractivity (Wildman–Crippen MR) is 157 cm³/mol. The van der Waals surface area contributed by atoms with Gasteiger partial charge < -0.3 is 15.2 Å². The van der Waals surface area contributed by atoms with Gasteiger partial charge in [-0.1, -0.05) is 73.5 Å². The second kappa shape index (κ2) is 13.1. The van der Waals surface area contributed by atoms with E-state index in [2.05, 4.69) is 42.6 Å². The number of hydrogen-bond donors (Lipinski definition) is 2. The van der Waals surface area contributed by atoms with Gasteiger partial charge in [0.05, 0.1) is 13.5 Å². The van der Waals surface area contributed by atoms with Crippen LogP contribution in [0.1, 0.15) is 70.6 Å². The third-order valence-corrected chi connectivity index (χ3v) is 7.41. The number of nitrogens with one attached hydrogen (secondary N) is 1. The van der Waals surface area contributed by atoms with Crippen LogP contribution in [0.4, 0.5) is 0 Å². The van der Waals surface area contributed by atoms with Crippen molar-refractivity contribution in [3.8, 4) is 11.8 Å². The fraction of sp³-hybridized carbons (Fsp3) is 0.242. The molecule has 0 aliphatic rings. The molecule has 40 heavy (non-hydrogen) atoms. The van der Waals surface area contributed by atoms with Crippen molar-refractivity contribution in [2.45, 2.75) is 38.0 Å². The number of amides is 1. The summed E-state index contributed by atoms with van der Waals surface area (Å²) in [5, 5.41) is 23.7. The Bertz CT molecular complexity index is 1540. The van der Waals surface area contributed by atoms with Gasteiger partial charge >= 0.3 is 5.97 Å². The summed E-state index contributed by atoms with van der Waals surface area (Å²) in [6, 6.07) is 27.7. The fourth-order valence-corrected chi connectivity index (χ4v) is 5.36. The number of rotatable bonds is 11. The molecular formula is C33H31ClN2O4. The Morgan fingerprint density at radius 2 is 1.65 bits per heavy atom. The second-order valence-electron chi connectivity index (χ2n) is 9.68. The summed E-state index contributed by atoms with van der Waals surface area (Å²) in [6.45, 7) is 2.23. The molecule has 4 rings (SSSR count). The topological polar surface area (TPSA) is 99.4 Å². The van der Waals surface area contributed by atoms with Crippen LogP contribution in [0.3, 0.4) is 0 Å². The van der Waals surface area contributed by atoms with E-state index in [4.69, 9.17) is 21.4 Å². The van der Waals surface area contributed by atoms with Gasteiger partial charge in [0.2, 0.25) is 0 Å². The Morgan fingerprint density at radius 1 is 0.975 bits per heavy atom. The van der Waals surface area contributed by atoms with Crippen LogP contribution >= 0.6 is 11.6 Å². The van der Waals surface area contributed by atoms with Gasteiger partial charge in [-0.3, -0.25) is 9.59 Å². The van der Waals surface area contributed by atoms with E-state index in [0.717, 1.165) is 40.3 Å². The number of carboxylic acid groups (broad SMARTS) is 1. The molecule has 0 heterocycles. The zero-order valence-corrected chi connectivity index (χ0v) is 23.2. The van der Waals surface area contributed by atoms with Crippen molar-refractivity contribution >= 4 is 34.2 Å². The lowest BCUT2D eigenvalue weighted by Gasteiger charge is -2.29. The lowest BCUT2D eigenvalue weighted by atomic mass is 9.74. The number of benzene rings is 4. The molecule has 0 spiro atoms. The molecule has 0 radical (unpaired) electrons. The standard InChI is InChI=1S/C33H31ClN2O4/c1-3-4-28(21-5-7-23(8-6-21)33(39)36-18-17-31(37)38)32(22-9-13-26(34)14-10-22)25-11-15-27-24(19-25)12-16-30(40-2)29(27)20-35/h5-16,19,28,32H,3-4,17-18H2,1-2H3,(H,36,39)(H,37,38). The number of halogens is 1. The van der Waals surface area contributed by atoms with E-state index >= 15 is 0 Å². The third kappa shape index (κ3) is 6.44. The van der Waals surface area contributed by atoms with Gasteiger partial charge in [0.15, 0.2) is 0 Å². The van der Waals surface area contributed by atoms with Crippen LogP contribution in [-0.2, 0) is 4.79 Å². The van der Waals surface area contributed by atoms with Gasteiger partial charge in [-0.2, -0.15) is 5.26 Å². The average molecular weight is 555 g/mol. The summed E-state index contributed by atoms with van der Waals surface area (Å²) in [6.07, 6.45) is 1.73. The smallest absolute Gasteiger partial charge is 0.305 e. The fourth-order valence-electron chi connectivity index (χ4n) is 5.24. The van der Waals surface area contributed by atoms with Crippen LogP contribution in [0.2, 0.25) is 5.02 Å². The molecule has 1 amide bonds. The number of ether oxygens (including phenoxy) is 1. The highest BCUT2D eigenvalue weighted by molar-refractivity contribution is 6.30. The van der Waals surface area contributed by atoms with Gasteiger partial charge in [-0.25, -0.2) is 0 Å². The predicted octanol–water partition coefficient (Wildman–Crippen LogP) is 7.29. The number of hydrogen-bond acceptors (Lipinski definition) is 4. The first-order valence-corrected chi connectivity index (χ1v) is 13.6. The Labute approximate surface area is 239 Å². The van der Waals surface area contributed by atoms with Crippen LogP contribution in [0, 0.1) is 11.3 Å². The van der Waals surface area contributed by atoms with Gasteiger partial charge in [0.1, 0.15) is 17.4 Å². The van der Waals surface area contributed by atoms with E-state index in [9.17, 15) is 14.9 Å². The highest BCUT2D eigenvalue weighted by atomic mass is 35.5. The maximum Gasteiger partial charge on any atom is 0.305 e. The van der Waals surface area contributed by atoms with Crippen LogP contribution < -0.4 is 10.1 Å². The second-order valence-corrected chi connectivity index (χ2v) is 10.1. The van der Waals surface area contributed by atoms with Crippen LogP contribution in [0.5, 0.6) is 5.75 Å². The van der Waals surface area contributed by atoms with Crippen molar-refractivity contribution in [2.75, 3.05) is 13.7 Å². The van der Waals surface area contributed by atoms with Crippen molar-refractivity contribution < 1.29 is 19.4 Å². The molecule has 0 aromatic heterocycles. The van der Waals surface area contributed by atoms with E-state index in [1.807, 2.05) is 42.5 Å². The zero-order valence-electron chi connectivity index (χ0n) is 22.5. The lowest BCUT2D eigenvalue weighted by Crippen LogP contribution is -2.26. The molecule has 2 unspecified atom stereocenters. The molecule has 6 nitrogen and oxygen atoms in total. The minimum atomic E-state index is -0.956. The number of carboxylic acids is 1. The Balaban J connectivity index is 1.76. The maximum atomic E-state index is 12.5. The zero-order chi connectivity index (χ0) is 28.6. The highest BCUT2D eigenvalue weighted by Gasteiger charge is 2.27. The number of fused-ring (bicyclic) bond motifs is 1. The first-order valence-electron chi connectivity index (χ1n) is 13.2. The first kappa shape index (κ1) is 28.7. The summed E-state index contributed by atoms with van der Waals surface area (Å²) in [5.41, 5.74) is 4.31. The van der Waals surface area contributed by atoms with E-state index in [1.54, 1.807) is 19.2 Å². The Hall–Kier alpha value is -4.34. The summed E-state index contributed by atoms with van der Waals surface area (Å²) < 4.78 is 5.40. The molecule has 7 heteroatoms. The number of methoxy groups -OCH3 is 1. The molecule has 2 N–H and O–H groups in total. The van der Waals surface area contributed by atoms with Gasteiger partial charge in [-0.15, -0.1) is 0 Å². The summed E-state index contributed by atoms with van der Waals surface area (Å²) in [4.78, 5) is 23.3. The molecule has 4 aromatic carbocycles. The van der Waals surface area contributed by atoms with E-state index in [-0.39, 0.29) is 30.7 Å². The maximum absolute atomic E-state index is 12.5. The van der Waals surface area contributed by atoms with Crippen LogP contribution in [0.25, 0.3) is 10.8 Å². The molecule has 0 bridgehead atoms. The average Bonchev–Trinajstić information content (AvgIpc) is 2.97. The Morgan fingerprint density at radius 3 is 2.27 bits per heavy atom. The molecule has 0 aliphatic carbocycles. The molecule has 0 saturated carbocycles. The molecule has 204 valence electrons. The van der Waals surface area contributed by atoms with E-state index in [0.29, 0.717) is 21.9 Å². The van der Waals surface area contributed by atoms with Crippen molar-refractivity contribution in [2.24, 2.45) is 0 Å². The SMILES string of the molecule is CCCC(c1ccc(C(=O)NCCC(=O)O)cc1)C(c1ccc(Cl)cc1)c1ccc2c(C#N)c(OC)ccc2c1. The summed E-state index contributed by atoms with van der Waals surface area (Å²) in [5.74, 6) is -0.616. The summed E-state index contributed by atoms with van der Waals surface area (Å²) >= 11 is 6.25. The largest absolute Gasteiger partial charge is 0.495 e. The molecule has 0 fully saturated rings. The first-order chi connectivity index (χ1) is 19.4. The van der Waals surface area contributed by atoms with Crippen molar-refractivity contribution in [1.82, 2.24) is 5.32 Å². The Kier molecular flexibility index (Phi) is 9.42. The normalized spacial score (nSPS) is 12.3. The molecule has 0 saturated heterocycles. The number of nitrogens with zero attached hydrogens (tertiary/aromatic N) is 1. The van der Waals surface area contributed by atoms with Crippen molar-refractivity contribution in [1.29, 1.82) is 5.26 Å². The van der Waals surface area contributed by atoms with E-state index < -0.39 is 5.97 Å².